The molecular weight excluding hydrogens is 488 g/mol. The number of ether oxygens (including phenoxy) is 1. The Morgan fingerprint density at radius 2 is 1.82 bits per heavy atom. The van der Waals surface area contributed by atoms with Gasteiger partial charge in [0.05, 0.1) is 19.0 Å². The zero-order valence-electron chi connectivity index (χ0n) is 22.2. The molecule has 0 amide bonds. The molecule has 2 aromatic heterocycles. The fraction of sp³-hybridized carbons (Fsp3) is 0.500. The van der Waals surface area contributed by atoms with Crippen LogP contribution in [0.2, 0.25) is 0 Å². The highest BCUT2D eigenvalue weighted by Crippen LogP contribution is 2.48. The summed E-state index contributed by atoms with van der Waals surface area (Å²) in [6.45, 7) is 6.78. The molecule has 0 radical (unpaired) electrons. The smallest absolute Gasteiger partial charge is 0.235 e. The maximum atomic E-state index is 14.2. The van der Waals surface area contributed by atoms with Gasteiger partial charge in [0.2, 0.25) is 5.88 Å². The molecule has 10 heteroatoms. The maximum absolute atomic E-state index is 14.2. The quantitative estimate of drug-likeness (QED) is 0.499. The standard InChI is InChI=1S/C28H33F2N7O/c1-28(2)15-37(18-7-8-21(29)22(30)9-18)27-25(28)26(31-3)33-23(34-27)11-20-16-5-6-17(20)14-36(13-16)19-10-24(38-4)35-32-12-19/h7-10,12,16-17,20H,5-6,11,13-15H2,1-4H3,(H,31,33,34). The van der Waals surface area contributed by atoms with E-state index in [2.05, 4.69) is 34.3 Å². The molecule has 3 aliphatic rings. The Kier molecular flexibility index (Phi) is 6.07. The molecule has 2 bridgehead atoms. The zero-order valence-corrected chi connectivity index (χ0v) is 22.2. The second-order valence-corrected chi connectivity index (χ2v) is 11.3. The van der Waals surface area contributed by atoms with Gasteiger partial charge in [0.25, 0.3) is 0 Å². The van der Waals surface area contributed by atoms with E-state index in [0.717, 1.165) is 48.2 Å². The van der Waals surface area contributed by atoms with Crippen LogP contribution in [0.1, 0.15) is 38.1 Å². The molecule has 0 spiro atoms. The molecule has 2 atom stereocenters. The van der Waals surface area contributed by atoms with E-state index in [4.69, 9.17) is 14.7 Å². The number of nitrogens with zero attached hydrogens (tertiary/aromatic N) is 6. The van der Waals surface area contributed by atoms with Crippen molar-refractivity contribution < 1.29 is 13.5 Å². The maximum Gasteiger partial charge on any atom is 0.235 e. The molecule has 4 heterocycles. The van der Waals surface area contributed by atoms with Crippen molar-refractivity contribution >= 4 is 23.0 Å². The summed E-state index contributed by atoms with van der Waals surface area (Å²) in [4.78, 5) is 14.4. The van der Waals surface area contributed by atoms with Gasteiger partial charge in [0, 0.05) is 61.9 Å². The fourth-order valence-corrected chi connectivity index (χ4v) is 6.70. The number of hydrogen-bond donors (Lipinski definition) is 1. The normalized spacial score (nSPS) is 23.5. The van der Waals surface area contributed by atoms with E-state index in [9.17, 15) is 8.78 Å². The summed E-state index contributed by atoms with van der Waals surface area (Å²) in [6.07, 6.45) is 4.95. The van der Waals surface area contributed by atoms with Crippen molar-refractivity contribution in [3.8, 4) is 5.88 Å². The van der Waals surface area contributed by atoms with Gasteiger partial charge in [0.1, 0.15) is 17.5 Å². The lowest BCUT2D eigenvalue weighted by Gasteiger charge is -2.39. The third-order valence-electron chi connectivity index (χ3n) is 8.51. The molecule has 2 aliphatic heterocycles. The number of benzene rings is 1. The number of fused-ring (bicyclic) bond motifs is 3. The molecule has 1 saturated heterocycles. The summed E-state index contributed by atoms with van der Waals surface area (Å²) in [5, 5.41) is 11.4. The van der Waals surface area contributed by atoms with Crippen molar-refractivity contribution in [1.82, 2.24) is 20.2 Å². The third-order valence-corrected chi connectivity index (χ3v) is 8.51. The van der Waals surface area contributed by atoms with Gasteiger partial charge in [-0.1, -0.05) is 13.8 Å². The number of methoxy groups -OCH3 is 1. The molecule has 38 heavy (non-hydrogen) atoms. The van der Waals surface area contributed by atoms with Crippen LogP contribution in [0.15, 0.2) is 30.5 Å². The third kappa shape index (κ3) is 4.19. The van der Waals surface area contributed by atoms with E-state index in [1.54, 1.807) is 19.4 Å². The lowest BCUT2D eigenvalue weighted by molar-refractivity contribution is 0.265. The minimum absolute atomic E-state index is 0.263. The van der Waals surface area contributed by atoms with Crippen molar-refractivity contribution in [1.29, 1.82) is 0 Å². The number of aromatic nitrogens is 4. The number of anilines is 4. The van der Waals surface area contributed by atoms with Crippen LogP contribution < -0.4 is 19.9 Å². The number of rotatable bonds is 6. The Morgan fingerprint density at radius 1 is 1.05 bits per heavy atom. The summed E-state index contributed by atoms with van der Waals surface area (Å²) < 4.78 is 33.1. The fourth-order valence-electron chi connectivity index (χ4n) is 6.70. The first-order chi connectivity index (χ1) is 18.3. The van der Waals surface area contributed by atoms with Gasteiger partial charge >= 0.3 is 0 Å². The van der Waals surface area contributed by atoms with Crippen molar-refractivity contribution in [2.24, 2.45) is 17.8 Å². The van der Waals surface area contributed by atoms with Crippen LogP contribution in [0.3, 0.4) is 0 Å². The molecule has 2 unspecified atom stereocenters. The second-order valence-electron chi connectivity index (χ2n) is 11.3. The van der Waals surface area contributed by atoms with Crippen molar-refractivity contribution in [2.45, 2.75) is 38.5 Å². The van der Waals surface area contributed by atoms with Gasteiger partial charge in [0.15, 0.2) is 11.6 Å². The van der Waals surface area contributed by atoms with Gasteiger partial charge in [-0.3, -0.25) is 0 Å². The molecular formula is C28H33F2N7O. The average molecular weight is 522 g/mol. The Morgan fingerprint density at radius 3 is 2.50 bits per heavy atom. The highest BCUT2D eigenvalue weighted by atomic mass is 19.2. The Hall–Kier alpha value is -3.56. The zero-order chi connectivity index (χ0) is 26.6. The number of halogens is 2. The topological polar surface area (TPSA) is 79.3 Å². The Labute approximate surface area is 221 Å². The second kappa shape index (κ2) is 9.32. The lowest BCUT2D eigenvalue weighted by Crippen LogP contribution is -2.43. The molecule has 8 nitrogen and oxygen atoms in total. The van der Waals surface area contributed by atoms with Gasteiger partial charge < -0.3 is 19.9 Å². The van der Waals surface area contributed by atoms with Crippen LogP contribution >= 0.6 is 0 Å². The highest BCUT2D eigenvalue weighted by molar-refractivity contribution is 5.74. The molecule has 6 rings (SSSR count). The molecule has 200 valence electrons. The van der Waals surface area contributed by atoms with Crippen LogP contribution in [0.5, 0.6) is 5.88 Å². The summed E-state index contributed by atoms with van der Waals surface area (Å²) in [7, 11) is 3.48. The highest BCUT2D eigenvalue weighted by Gasteiger charge is 2.44. The molecule has 3 aromatic rings. The summed E-state index contributed by atoms with van der Waals surface area (Å²) in [5.41, 5.74) is 2.38. The van der Waals surface area contributed by atoms with Gasteiger partial charge in [-0.2, -0.15) is 5.10 Å². The minimum Gasteiger partial charge on any atom is -0.480 e. The number of nitrogens with one attached hydrogen (secondary N) is 1. The molecule has 2 fully saturated rings. The summed E-state index contributed by atoms with van der Waals surface area (Å²) in [6, 6.07) is 5.99. The van der Waals surface area contributed by atoms with Crippen molar-refractivity contribution in [2.75, 3.05) is 48.9 Å². The van der Waals surface area contributed by atoms with E-state index in [0.29, 0.717) is 35.9 Å². The lowest BCUT2D eigenvalue weighted by atomic mass is 9.82. The average Bonchev–Trinajstić information content (AvgIpc) is 3.30. The van der Waals surface area contributed by atoms with Crippen LogP contribution in [0, 0.1) is 29.4 Å². The Balaban J connectivity index is 1.29. The van der Waals surface area contributed by atoms with Crippen LogP contribution in [-0.2, 0) is 11.8 Å². The number of hydrogen-bond acceptors (Lipinski definition) is 8. The predicted octanol–water partition coefficient (Wildman–Crippen LogP) is 4.73. The van der Waals surface area contributed by atoms with E-state index in [-0.39, 0.29) is 5.41 Å². The van der Waals surface area contributed by atoms with Crippen molar-refractivity contribution in [3.63, 3.8) is 0 Å². The van der Waals surface area contributed by atoms with E-state index < -0.39 is 11.6 Å². The van der Waals surface area contributed by atoms with Gasteiger partial charge in [-0.05, 0) is 42.7 Å². The van der Waals surface area contributed by atoms with Gasteiger partial charge in [-0.15, -0.1) is 5.10 Å². The van der Waals surface area contributed by atoms with E-state index in [1.165, 1.54) is 25.0 Å². The molecule has 1 aromatic carbocycles. The summed E-state index contributed by atoms with van der Waals surface area (Å²) >= 11 is 0. The van der Waals surface area contributed by atoms with E-state index in [1.807, 2.05) is 18.0 Å². The molecule has 1 aliphatic carbocycles. The minimum atomic E-state index is -0.859. The van der Waals surface area contributed by atoms with Gasteiger partial charge in [-0.25, -0.2) is 18.7 Å². The van der Waals surface area contributed by atoms with Crippen molar-refractivity contribution in [3.05, 3.63) is 53.5 Å². The molecule has 1 N–H and O–H groups in total. The van der Waals surface area contributed by atoms with Crippen LogP contribution in [0.25, 0.3) is 0 Å². The van der Waals surface area contributed by atoms with E-state index >= 15 is 0 Å². The number of piperidine rings is 1. The SMILES string of the molecule is CNc1nc(CC2C3CCC2CN(c2cnnc(OC)c2)C3)nc2c1C(C)(C)CN2c1ccc(F)c(F)c1. The first-order valence-corrected chi connectivity index (χ1v) is 13.2. The largest absolute Gasteiger partial charge is 0.480 e. The monoisotopic (exact) mass is 521 g/mol. The first-order valence-electron chi connectivity index (χ1n) is 13.2. The van der Waals surface area contributed by atoms with Crippen LogP contribution in [-0.4, -0.2) is 54.0 Å². The molecule has 1 saturated carbocycles. The van der Waals surface area contributed by atoms with Crippen LogP contribution in [0.4, 0.5) is 31.8 Å². The first kappa shape index (κ1) is 24.8. The Bertz CT molecular complexity index is 1350. The predicted molar refractivity (Wildman–Crippen MR) is 142 cm³/mol. The summed E-state index contributed by atoms with van der Waals surface area (Å²) in [5.74, 6) is 2.73.